The summed E-state index contributed by atoms with van der Waals surface area (Å²) in [6.07, 6.45) is 0. The largest absolute Gasteiger partial charge is 0.478 e. The highest BCUT2D eigenvalue weighted by molar-refractivity contribution is 14.1. The molecular formula is C11H13IO2. The Balaban J connectivity index is 2.99. The fourth-order valence-corrected chi connectivity index (χ4v) is 1.58. The molecule has 0 aliphatic carbocycles. The fourth-order valence-electron chi connectivity index (χ4n) is 1.14. The quantitative estimate of drug-likeness (QED) is 0.688. The van der Waals surface area contributed by atoms with Crippen molar-refractivity contribution < 1.29 is 9.90 Å². The summed E-state index contributed by atoms with van der Waals surface area (Å²) in [6.45, 7) is 4.30. The number of carbonyl (C=O) groups is 1. The van der Waals surface area contributed by atoms with Gasteiger partial charge in [0.05, 0.1) is 5.56 Å². The van der Waals surface area contributed by atoms with Crippen LogP contribution in [0.15, 0.2) is 24.3 Å². The number of hydrogen-bond acceptors (Lipinski definition) is 1. The van der Waals surface area contributed by atoms with E-state index in [2.05, 4.69) is 36.4 Å². The molecule has 0 atom stereocenters. The molecule has 0 aromatic heterocycles. The predicted molar refractivity (Wildman–Crippen MR) is 65.3 cm³/mol. The topological polar surface area (TPSA) is 37.3 Å². The third-order valence-corrected chi connectivity index (χ3v) is 4.15. The summed E-state index contributed by atoms with van der Waals surface area (Å²) < 4.78 is 1.01. The maximum Gasteiger partial charge on any atom is 0.335 e. The number of hydrogen-bond donors (Lipinski definition) is 1. The van der Waals surface area contributed by atoms with E-state index in [0.717, 1.165) is 4.43 Å². The molecule has 0 radical (unpaired) electrons. The molecule has 0 aliphatic rings. The normalized spacial score (nSPS) is 11.4. The van der Waals surface area contributed by atoms with Crippen molar-refractivity contribution in [2.24, 2.45) is 0 Å². The highest BCUT2D eigenvalue weighted by atomic mass is 127. The first kappa shape index (κ1) is 11.5. The maximum absolute atomic E-state index is 10.6. The zero-order valence-electron chi connectivity index (χ0n) is 8.25. The van der Waals surface area contributed by atoms with E-state index in [1.54, 1.807) is 12.1 Å². The van der Waals surface area contributed by atoms with Gasteiger partial charge >= 0.3 is 5.97 Å². The standard InChI is InChI=1S/C11H13IO2/c1-11(2,7-12)9-5-3-8(4-6-9)10(13)14/h3-6H,7H2,1-2H3,(H,13,14). The van der Waals surface area contributed by atoms with Crippen molar-refractivity contribution in [3.63, 3.8) is 0 Å². The number of halogens is 1. The molecule has 0 heterocycles. The van der Waals surface area contributed by atoms with Gasteiger partial charge in [-0.05, 0) is 23.1 Å². The van der Waals surface area contributed by atoms with Gasteiger partial charge in [0.25, 0.3) is 0 Å². The van der Waals surface area contributed by atoms with Crippen LogP contribution < -0.4 is 0 Å². The highest BCUT2D eigenvalue weighted by Crippen LogP contribution is 2.25. The smallest absolute Gasteiger partial charge is 0.335 e. The van der Waals surface area contributed by atoms with Crippen molar-refractivity contribution in [1.82, 2.24) is 0 Å². The van der Waals surface area contributed by atoms with Gasteiger partial charge in [0.1, 0.15) is 0 Å². The van der Waals surface area contributed by atoms with Gasteiger partial charge in [-0.25, -0.2) is 4.79 Å². The first-order valence-electron chi connectivity index (χ1n) is 4.37. The van der Waals surface area contributed by atoms with Crippen molar-refractivity contribution >= 4 is 28.6 Å². The molecule has 3 heteroatoms. The lowest BCUT2D eigenvalue weighted by Crippen LogP contribution is -2.18. The van der Waals surface area contributed by atoms with Crippen LogP contribution >= 0.6 is 22.6 Å². The van der Waals surface area contributed by atoms with Crippen LogP contribution in [0.5, 0.6) is 0 Å². The summed E-state index contributed by atoms with van der Waals surface area (Å²) in [7, 11) is 0. The number of benzene rings is 1. The van der Waals surface area contributed by atoms with E-state index in [1.807, 2.05) is 12.1 Å². The van der Waals surface area contributed by atoms with Crippen molar-refractivity contribution in [3.8, 4) is 0 Å². The minimum atomic E-state index is -0.871. The van der Waals surface area contributed by atoms with Crippen LogP contribution in [0, 0.1) is 0 Å². The summed E-state index contributed by atoms with van der Waals surface area (Å²) in [6, 6.07) is 7.10. The molecule has 2 nitrogen and oxygen atoms in total. The molecule has 0 bridgehead atoms. The van der Waals surface area contributed by atoms with Crippen LogP contribution in [0.2, 0.25) is 0 Å². The lowest BCUT2D eigenvalue weighted by atomic mass is 9.87. The number of aromatic carboxylic acids is 1. The molecule has 14 heavy (non-hydrogen) atoms. The lowest BCUT2D eigenvalue weighted by Gasteiger charge is -2.22. The van der Waals surface area contributed by atoms with Gasteiger partial charge in [-0.2, -0.15) is 0 Å². The number of alkyl halides is 1. The second kappa shape index (κ2) is 4.29. The molecule has 0 aliphatic heterocycles. The third kappa shape index (κ3) is 2.47. The third-order valence-electron chi connectivity index (χ3n) is 2.25. The first-order chi connectivity index (χ1) is 6.47. The average Bonchev–Trinajstić information content (AvgIpc) is 2.18. The van der Waals surface area contributed by atoms with Gasteiger partial charge in [0, 0.05) is 4.43 Å². The molecule has 0 fully saturated rings. The van der Waals surface area contributed by atoms with Crippen LogP contribution in [-0.2, 0) is 5.41 Å². The Morgan fingerprint density at radius 2 is 1.86 bits per heavy atom. The maximum atomic E-state index is 10.6. The highest BCUT2D eigenvalue weighted by Gasteiger charge is 2.18. The zero-order chi connectivity index (χ0) is 10.8. The molecule has 1 rings (SSSR count). The van der Waals surface area contributed by atoms with Gasteiger partial charge in [-0.15, -0.1) is 0 Å². The SMILES string of the molecule is CC(C)(CI)c1ccc(C(=O)O)cc1. The van der Waals surface area contributed by atoms with Crippen LogP contribution in [-0.4, -0.2) is 15.5 Å². The minimum Gasteiger partial charge on any atom is -0.478 e. The van der Waals surface area contributed by atoms with Crippen LogP contribution in [0.25, 0.3) is 0 Å². The van der Waals surface area contributed by atoms with Crippen LogP contribution in [0.1, 0.15) is 29.8 Å². The second-order valence-corrected chi connectivity index (χ2v) is 4.66. The molecule has 0 saturated carbocycles. The molecule has 1 aromatic carbocycles. The van der Waals surface area contributed by atoms with E-state index in [9.17, 15) is 4.79 Å². The molecule has 0 amide bonds. The zero-order valence-corrected chi connectivity index (χ0v) is 10.4. The Hall–Kier alpha value is -0.580. The molecule has 0 spiro atoms. The average molecular weight is 304 g/mol. The fraction of sp³-hybridized carbons (Fsp3) is 0.364. The van der Waals surface area contributed by atoms with Crippen LogP contribution in [0.3, 0.4) is 0 Å². The Labute approximate surface area is 97.5 Å². The van der Waals surface area contributed by atoms with E-state index in [-0.39, 0.29) is 5.41 Å². The molecule has 0 saturated heterocycles. The number of carboxylic acid groups (broad SMARTS) is 1. The number of rotatable bonds is 3. The Morgan fingerprint density at radius 1 is 1.36 bits per heavy atom. The van der Waals surface area contributed by atoms with Gasteiger partial charge in [-0.1, -0.05) is 48.6 Å². The Kier molecular flexibility index (Phi) is 3.53. The van der Waals surface area contributed by atoms with E-state index >= 15 is 0 Å². The first-order valence-corrected chi connectivity index (χ1v) is 5.90. The van der Waals surface area contributed by atoms with Crippen molar-refractivity contribution in [1.29, 1.82) is 0 Å². The molecular weight excluding hydrogens is 291 g/mol. The lowest BCUT2D eigenvalue weighted by molar-refractivity contribution is 0.0697. The van der Waals surface area contributed by atoms with E-state index in [4.69, 9.17) is 5.11 Å². The predicted octanol–water partition coefficient (Wildman–Crippen LogP) is 3.10. The van der Waals surface area contributed by atoms with Gasteiger partial charge in [0.2, 0.25) is 0 Å². The minimum absolute atomic E-state index is 0.109. The summed E-state index contributed by atoms with van der Waals surface area (Å²) in [5.41, 5.74) is 1.63. The van der Waals surface area contributed by atoms with E-state index in [1.165, 1.54) is 5.56 Å². The Morgan fingerprint density at radius 3 is 2.21 bits per heavy atom. The van der Waals surface area contributed by atoms with Gasteiger partial charge in [-0.3, -0.25) is 0 Å². The van der Waals surface area contributed by atoms with Crippen molar-refractivity contribution in [3.05, 3.63) is 35.4 Å². The van der Waals surface area contributed by atoms with Gasteiger partial charge in [0.15, 0.2) is 0 Å². The van der Waals surface area contributed by atoms with Gasteiger partial charge < -0.3 is 5.11 Å². The summed E-state index contributed by atoms with van der Waals surface area (Å²) in [5, 5.41) is 8.73. The van der Waals surface area contributed by atoms with E-state index < -0.39 is 5.97 Å². The molecule has 76 valence electrons. The molecule has 1 N–H and O–H groups in total. The van der Waals surface area contributed by atoms with Crippen molar-refractivity contribution in [2.75, 3.05) is 4.43 Å². The molecule has 0 unspecified atom stereocenters. The Bertz CT molecular complexity index is 328. The van der Waals surface area contributed by atoms with Crippen LogP contribution in [0.4, 0.5) is 0 Å². The summed E-state index contributed by atoms with van der Waals surface area (Å²) in [5.74, 6) is -0.871. The van der Waals surface area contributed by atoms with E-state index in [0.29, 0.717) is 5.56 Å². The molecule has 1 aromatic rings. The van der Waals surface area contributed by atoms with Crippen molar-refractivity contribution in [2.45, 2.75) is 19.3 Å². The summed E-state index contributed by atoms with van der Waals surface area (Å²) >= 11 is 2.34. The monoisotopic (exact) mass is 304 g/mol. The summed E-state index contributed by atoms with van der Waals surface area (Å²) in [4.78, 5) is 10.6. The number of carboxylic acids is 1. The second-order valence-electron chi connectivity index (χ2n) is 3.90.